The van der Waals surface area contributed by atoms with Crippen molar-refractivity contribution in [2.24, 2.45) is 11.8 Å². The van der Waals surface area contributed by atoms with Crippen molar-refractivity contribution in [3.8, 4) is 0 Å². The molecule has 0 saturated heterocycles. The summed E-state index contributed by atoms with van der Waals surface area (Å²) in [6.45, 7) is 5.59. The van der Waals surface area contributed by atoms with Crippen LogP contribution in [0.15, 0.2) is 18.2 Å². The van der Waals surface area contributed by atoms with Gasteiger partial charge in [0.25, 0.3) is 0 Å². The van der Waals surface area contributed by atoms with E-state index in [1.54, 1.807) is 11.3 Å². The molecule has 0 radical (unpaired) electrons. The van der Waals surface area contributed by atoms with E-state index >= 15 is 0 Å². The summed E-state index contributed by atoms with van der Waals surface area (Å²) in [7, 11) is 0. The Morgan fingerprint density at radius 2 is 2.26 bits per heavy atom. The second kappa shape index (κ2) is 5.49. The monoisotopic (exact) mass is 274 g/mol. The van der Waals surface area contributed by atoms with Gasteiger partial charge in [0.2, 0.25) is 0 Å². The fourth-order valence-electron chi connectivity index (χ4n) is 3.09. The molecule has 1 saturated carbocycles. The van der Waals surface area contributed by atoms with E-state index in [1.807, 2.05) is 0 Å². The largest absolute Gasteiger partial charge is 0.361 e. The lowest BCUT2D eigenvalue weighted by molar-refractivity contribution is 0.293. The lowest BCUT2D eigenvalue weighted by Gasteiger charge is -2.26. The van der Waals surface area contributed by atoms with Gasteiger partial charge in [0.05, 0.1) is 10.2 Å². The molecule has 0 spiro atoms. The van der Waals surface area contributed by atoms with Gasteiger partial charge in [-0.3, -0.25) is 0 Å². The van der Waals surface area contributed by atoms with Gasteiger partial charge in [0.15, 0.2) is 5.13 Å². The zero-order valence-electron chi connectivity index (χ0n) is 11.8. The Morgan fingerprint density at radius 1 is 1.37 bits per heavy atom. The van der Waals surface area contributed by atoms with E-state index in [-0.39, 0.29) is 0 Å². The molecule has 1 fully saturated rings. The summed E-state index contributed by atoms with van der Waals surface area (Å²) in [5.74, 6) is 1.73. The molecule has 1 aliphatic carbocycles. The van der Waals surface area contributed by atoms with Crippen LogP contribution in [-0.2, 0) is 0 Å². The van der Waals surface area contributed by atoms with Crippen molar-refractivity contribution in [3.05, 3.63) is 23.8 Å². The molecule has 2 unspecified atom stereocenters. The average molecular weight is 274 g/mol. The number of benzene rings is 1. The Bertz CT molecular complexity index is 561. The summed E-state index contributed by atoms with van der Waals surface area (Å²) in [6, 6.07) is 6.50. The summed E-state index contributed by atoms with van der Waals surface area (Å²) in [5, 5.41) is 4.63. The quantitative estimate of drug-likeness (QED) is 0.866. The van der Waals surface area contributed by atoms with Gasteiger partial charge in [-0.05, 0) is 49.3 Å². The highest BCUT2D eigenvalue weighted by atomic mass is 32.1. The number of thiazole rings is 1. The molecule has 19 heavy (non-hydrogen) atoms. The van der Waals surface area contributed by atoms with Gasteiger partial charge in [-0.15, -0.1) is 0 Å². The number of aryl methyl sites for hydroxylation is 1. The van der Waals surface area contributed by atoms with Gasteiger partial charge in [-0.1, -0.05) is 37.2 Å². The Hall–Kier alpha value is -1.09. The molecule has 2 aromatic rings. The van der Waals surface area contributed by atoms with Crippen molar-refractivity contribution < 1.29 is 0 Å². The number of aromatic nitrogens is 1. The van der Waals surface area contributed by atoms with E-state index < -0.39 is 0 Å². The lowest BCUT2D eigenvalue weighted by Crippen LogP contribution is -2.20. The number of nitrogens with one attached hydrogen (secondary N) is 1. The van der Waals surface area contributed by atoms with Gasteiger partial charge in [0.1, 0.15) is 0 Å². The summed E-state index contributed by atoms with van der Waals surface area (Å²) >= 11 is 1.77. The van der Waals surface area contributed by atoms with Crippen molar-refractivity contribution >= 4 is 26.7 Å². The predicted molar refractivity (Wildman–Crippen MR) is 84.0 cm³/mol. The number of fused-ring (bicyclic) bond motifs is 1. The third kappa shape index (κ3) is 3.08. The number of rotatable bonds is 3. The van der Waals surface area contributed by atoms with Crippen LogP contribution in [0.2, 0.25) is 0 Å². The van der Waals surface area contributed by atoms with Gasteiger partial charge >= 0.3 is 0 Å². The average Bonchev–Trinajstić information content (AvgIpc) is 2.78. The standard InChI is InChI=1S/C16H22N2S/c1-11-4-3-5-13(8-11)10-17-16-18-14-9-12(2)6-7-15(14)19-16/h6-7,9,11,13H,3-5,8,10H2,1-2H3,(H,17,18). The van der Waals surface area contributed by atoms with Gasteiger partial charge in [-0.2, -0.15) is 0 Å². The number of hydrogen-bond donors (Lipinski definition) is 1. The van der Waals surface area contributed by atoms with Crippen LogP contribution >= 0.6 is 11.3 Å². The normalized spacial score (nSPS) is 23.7. The van der Waals surface area contributed by atoms with Crippen molar-refractivity contribution in [2.75, 3.05) is 11.9 Å². The van der Waals surface area contributed by atoms with Crippen molar-refractivity contribution in [1.82, 2.24) is 4.98 Å². The first-order chi connectivity index (χ1) is 9.20. The van der Waals surface area contributed by atoms with Gasteiger partial charge in [-0.25, -0.2) is 4.98 Å². The summed E-state index contributed by atoms with van der Waals surface area (Å²) in [6.07, 6.45) is 5.56. The molecule has 1 heterocycles. The van der Waals surface area contributed by atoms with E-state index in [0.717, 1.165) is 29.0 Å². The maximum Gasteiger partial charge on any atom is 0.183 e. The van der Waals surface area contributed by atoms with Crippen LogP contribution in [0.25, 0.3) is 10.2 Å². The Kier molecular flexibility index (Phi) is 3.74. The second-order valence-corrected chi connectivity index (χ2v) is 7.04. The second-order valence-electron chi connectivity index (χ2n) is 6.01. The molecule has 1 N–H and O–H groups in total. The summed E-state index contributed by atoms with van der Waals surface area (Å²) in [5.41, 5.74) is 2.41. The number of nitrogens with zero attached hydrogens (tertiary/aromatic N) is 1. The molecule has 0 aliphatic heterocycles. The molecule has 2 nitrogen and oxygen atoms in total. The van der Waals surface area contributed by atoms with E-state index in [2.05, 4.69) is 42.3 Å². The SMILES string of the molecule is Cc1ccc2sc(NCC3CCCC(C)C3)nc2c1. The fourth-order valence-corrected chi connectivity index (χ4v) is 3.94. The van der Waals surface area contributed by atoms with E-state index in [9.17, 15) is 0 Å². The zero-order valence-corrected chi connectivity index (χ0v) is 12.6. The van der Waals surface area contributed by atoms with Crippen LogP contribution in [0.3, 0.4) is 0 Å². The third-order valence-corrected chi connectivity index (χ3v) is 5.12. The van der Waals surface area contributed by atoms with Crippen molar-refractivity contribution in [1.29, 1.82) is 0 Å². The lowest BCUT2D eigenvalue weighted by atomic mass is 9.82. The Labute approximate surface area is 119 Å². The summed E-state index contributed by atoms with van der Waals surface area (Å²) in [4.78, 5) is 4.68. The van der Waals surface area contributed by atoms with E-state index in [1.165, 1.54) is 35.9 Å². The maximum absolute atomic E-state index is 4.68. The highest BCUT2D eigenvalue weighted by Gasteiger charge is 2.18. The number of hydrogen-bond acceptors (Lipinski definition) is 3. The molecule has 1 aliphatic rings. The molecule has 2 atom stereocenters. The van der Waals surface area contributed by atoms with Crippen molar-refractivity contribution in [2.45, 2.75) is 39.5 Å². The fraction of sp³-hybridized carbons (Fsp3) is 0.562. The van der Waals surface area contributed by atoms with E-state index in [0.29, 0.717) is 0 Å². The van der Waals surface area contributed by atoms with Crippen LogP contribution in [0.1, 0.15) is 38.2 Å². The first-order valence-corrected chi connectivity index (χ1v) is 8.13. The maximum atomic E-state index is 4.68. The van der Waals surface area contributed by atoms with Gasteiger partial charge in [0, 0.05) is 6.54 Å². The van der Waals surface area contributed by atoms with Crippen LogP contribution in [-0.4, -0.2) is 11.5 Å². The minimum absolute atomic E-state index is 0.831. The third-order valence-electron chi connectivity index (χ3n) is 4.13. The molecule has 3 rings (SSSR count). The summed E-state index contributed by atoms with van der Waals surface area (Å²) < 4.78 is 1.28. The minimum atomic E-state index is 0.831. The van der Waals surface area contributed by atoms with Crippen LogP contribution < -0.4 is 5.32 Å². The highest BCUT2D eigenvalue weighted by molar-refractivity contribution is 7.22. The molecule has 0 bridgehead atoms. The van der Waals surface area contributed by atoms with Crippen LogP contribution in [0, 0.1) is 18.8 Å². The Morgan fingerprint density at radius 3 is 3.11 bits per heavy atom. The molecule has 3 heteroatoms. The zero-order chi connectivity index (χ0) is 13.2. The predicted octanol–water partition coefficient (Wildman–Crippen LogP) is 4.84. The molecular weight excluding hydrogens is 252 g/mol. The van der Waals surface area contributed by atoms with Gasteiger partial charge < -0.3 is 5.32 Å². The van der Waals surface area contributed by atoms with E-state index in [4.69, 9.17) is 0 Å². The molecular formula is C16H22N2S. The van der Waals surface area contributed by atoms with Crippen LogP contribution in [0.4, 0.5) is 5.13 Å². The topological polar surface area (TPSA) is 24.9 Å². The molecule has 1 aromatic heterocycles. The Balaban J connectivity index is 1.65. The molecule has 0 amide bonds. The van der Waals surface area contributed by atoms with Crippen LogP contribution in [0.5, 0.6) is 0 Å². The number of anilines is 1. The highest BCUT2D eigenvalue weighted by Crippen LogP contribution is 2.30. The minimum Gasteiger partial charge on any atom is -0.361 e. The first kappa shape index (κ1) is 12.9. The molecule has 102 valence electrons. The van der Waals surface area contributed by atoms with Crippen molar-refractivity contribution in [3.63, 3.8) is 0 Å². The smallest absolute Gasteiger partial charge is 0.183 e. The molecule has 1 aromatic carbocycles. The first-order valence-electron chi connectivity index (χ1n) is 7.32.